The van der Waals surface area contributed by atoms with E-state index in [0.29, 0.717) is 11.5 Å². The molecule has 380 valence electrons. The molecule has 1 aliphatic heterocycles. The number of hydrogen-bond donors (Lipinski definition) is 0. The van der Waals surface area contributed by atoms with Gasteiger partial charge in [0.15, 0.2) is 0 Å². The average Bonchev–Trinajstić information content (AvgIpc) is 4.01. The van der Waals surface area contributed by atoms with Crippen LogP contribution < -0.4 is 14.5 Å². The maximum Gasteiger partial charge on any atom is 0.135 e. The first-order valence-corrected chi connectivity index (χ1v) is 26.0. The molecule has 7 aromatic carbocycles. The van der Waals surface area contributed by atoms with Crippen LogP contribution >= 0.6 is 0 Å². The molecule has 0 amide bonds. The number of anilines is 4. The second-order valence-electron chi connectivity index (χ2n) is 24.5. The fourth-order valence-corrected chi connectivity index (χ4v) is 10.7. The van der Waals surface area contributed by atoms with Crippen LogP contribution in [0.3, 0.4) is 0 Å². The number of pyridine rings is 1. The molecule has 0 saturated heterocycles. The van der Waals surface area contributed by atoms with Gasteiger partial charge in [0, 0.05) is 84.0 Å². The summed E-state index contributed by atoms with van der Waals surface area (Å²) in [6, 6.07) is 58.7. The van der Waals surface area contributed by atoms with E-state index in [2.05, 4.69) is 268 Å². The number of rotatable bonds is 8. The topological polar surface area (TPSA) is 38.5 Å². The van der Waals surface area contributed by atoms with E-state index in [-0.39, 0.29) is 48.8 Å². The van der Waals surface area contributed by atoms with Crippen molar-refractivity contribution in [3.8, 4) is 39.6 Å². The Hall–Kier alpha value is -6.62. The molecule has 0 atom stereocenters. The number of nitrogens with zero attached hydrogens (tertiary/aromatic N) is 5. The molecule has 0 radical (unpaired) electrons. The second kappa shape index (κ2) is 18.3. The third-order valence-electron chi connectivity index (χ3n) is 14.8. The molecule has 3 aromatic heterocycles. The molecule has 0 unspecified atom stereocenters. The van der Waals surface area contributed by atoms with Gasteiger partial charge in [0.2, 0.25) is 0 Å². The van der Waals surface area contributed by atoms with Gasteiger partial charge in [-0.3, -0.25) is 0 Å². The van der Waals surface area contributed by atoms with E-state index in [1.54, 1.807) is 0 Å². The monoisotopic (exact) mass is 1150 g/mol. The molecular formula is C67H68N5OPt-3. The van der Waals surface area contributed by atoms with E-state index >= 15 is 0 Å². The fraction of sp³-hybridized carbons (Fsp3) is 0.284. The Labute approximate surface area is 453 Å². The molecule has 0 fully saturated rings. The zero-order chi connectivity index (χ0) is 51.5. The summed E-state index contributed by atoms with van der Waals surface area (Å²) < 4.78 is 11.6. The number of fused-ring (bicyclic) bond motifs is 1. The predicted octanol–water partition coefficient (Wildman–Crippen LogP) is 18.5. The Balaban J connectivity index is 0.00000626. The maximum absolute atomic E-state index is 6.96. The van der Waals surface area contributed by atoms with Gasteiger partial charge >= 0.3 is 0 Å². The number of benzene rings is 7. The van der Waals surface area contributed by atoms with Gasteiger partial charge in [-0.05, 0) is 123 Å². The van der Waals surface area contributed by atoms with E-state index in [4.69, 9.17) is 9.72 Å². The van der Waals surface area contributed by atoms with Gasteiger partial charge < -0.3 is 23.7 Å². The van der Waals surface area contributed by atoms with Crippen LogP contribution in [0.15, 0.2) is 146 Å². The van der Waals surface area contributed by atoms with Crippen LogP contribution in [0.25, 0.3) is 60.9 Å². The van der Waals surface area contributed by atoms with Crippen LogP contribution in [0.1, 0.15) is 125 Å². The molecule has 4 heterocycles. The van der Waals surface area contributed by atoms with Crippen LogP contribution in [0.2, 0.25) is 0 Å². The minimum absolute atomic E-state index is 0. The Morgan fingerprint density at radius 3 is 1.72 bits per heavy atom. The molecule has 0 spiro atoms. The largest absolute Gasteiger partial charge is 0.509 e. The normalized spacial score (nSPS) is 13.4. The van der Waals surface area contributed by atoms with E-state index < -0.39 is 0 Å². The first-order chi connectivity index (χ1) is 34.5. The first-order valence-electron chi connectivity index (χ1n) is 26.0. The minimum atomic E-state index is -0.111. The molecule has 0 saturated carbocycles. The third-order valence-corrected chi connectivity index (χ3v) is 14.8. The fourth-order valence-electron chi connectivity index (χ4n) is 10.7. The van der Waals surface area contributed by atoms with Gasteiger partial charge in [0.25, 0.3) is 0 Å². The SMILES string of the molecule is CC(C)n1c2cc(Oc3[c-]c(N4[CH-]N(c5c(-c6ccccc6)cc(C(C)(C)C)cc5-c5cc(C(C)(C)C)cc(C(C)(C)C)c5)c5ccccc54)ccc3)[c-]c3c2c2c(cccc21)n3-c1cc(C(C)(C)C)ccn1.[Pt]. The van der Waals surface area contributed by atoms with Crippen molar-refractivity contribution in [2.75, 3.05) is 9.80 Å². The van der Waals surface area contributed by atoms with E-state index in [9.17, 15) is 0 Å². The van der Waals surface area contributed by atoms with Crippen LogP contribution in [-0.4, -0.2) is 14.1 Å². The third kappa shape index (κ3) is 8.91. The standard InChI is InChI=1S/C67H68N5O.Pt/c1-42(2)71-56-28-21-29-57-61(56)62-58(71)39-51(40-59(62)72(57)60-37-45(30-31-68-60)64(3,4)5)73-50-25-20-24-49(38-50)69-41-70(55-27-19-18-26-54(55)69)63-52(43-22-16-15-17-23-43)35-48(67(12,13)14)36-53(63)44-32-46(65(6,7)8)34-47(33-44)66(9,10)11;/h15-37,39,41-42H,1-14H3;/q-3;. The zero-order valence-electron chi connectivity index (χ0n) is 45.5. The van der Waals surface area contributed by atoms with Crippen molar-refractivity contribution < 1.29 is 25.8 Å². The average molecular weight is 1150 g/mol. The second-order valence-corrected chi connectivity index (χ2v) is 24.5. The Morgan fingerprint density at radius 1 is 0.500 bits per heavy atom. The van der Waals surface area contributed by atoms with Gasteiger partial charge in [0.1, 0.15) is 5.82 Å². The Morgan fingerprint density at radius 2 is 1.08 bits per heavy atom. The molecule has 74 heavy (non-hydrogen) atoms. The molecule has 1 aliphatic rings. The van der Waals surface area contributed by atoms with Crippen molar-refractivity contribution in [3.63, 3.8) is 0 Å². The summed E-state index contributed by atoms with van der Waals surface area (Å²) in [5, 5.41) is 2.39. The summed E-state index contributed by atoms with van der Waals surface area (Å²) in [4.78, 5) is 9.63. The Bertz CT molecular complexity index is 3690. The van der Waals surface area contributed by atoms with Crippen molar-refractivity contribution in [2.45, 2.75) is 125 Å². The molecular weight excluding hydrogens is 1090 g/mol. The Kier molecular flexibility index (Phi) is 12.6. The van der Waals surface area contributed by atoms with Crippen molar-refractivity contribution >= 4 is 55.6 Å². The van der Waals surface area contributed by atoms with Crippen LogP contribution in [0, 0.1) is 18.8 Å². The van der Waals surface area contributed by atoms with Crippen molar-refractivity contribution in [3.05, 3.63) is 187 Å². The van der Waals surface area contributed by atoms with E-state index in [1.165, 1.54) is 60.8 Å². The maximum atomic E-state index is 6.96. The summed E-state index contributed by atoms with van der Waals surface area (Å²) in [7, 11) is 0. The van der Waals surface area contributed by atoms with Crippen molar-refractivity contribution in [1.82, 2.24) is 14.1 Å². The molecule has 0 aliphatic carbocycles. The van der Waals surface area contributed by atoms with Crippen molar-refractivity contribution in [1.29, 1.82) is 0 Å². The van der Waals surface area contributed by atoms with Crippen molar-refractivity contribution in [2.24, 2.45) is 0 Å². The molecule has 0 bridgehead atoms. The summed E-state index contributed by atoms with van der Waals surface area (Å²) in [6.07, 6.45) is 1.93. The molecule has 11 rings (SSSR count). The van der Waals surface area contributed by atoms with Gasteiger partial charge in [-0.15, -0.1) is 42.7 Å². The number of aromatic nitrogens is 3. The molecule has 6 nitrogen and oxygen atoms in total. The van der Waals surface area contributed by atoms with Gasteiger partial charge in [0.05, 0.1) is 0 Å². The molecule has 7 heteroatoms. The molecule has 10 aromatic rings. The quantitative estimate of drug-likeness (QED) is 0.142. The summed E-state index contributed by atoms with van der Waals surface area (Å²) >= 11 is 0. The van der Waals surface area contributed by atoms with Gasteiger partial charge in [-0.25, -0.2) is 4.98 Å². The minimum Gasteiger partial charge on any atom is -0.509 e. The van der Waals surface area contributed by atoms with Crippen LogP contribution in [0.4, 0.5) is 22.7 Å². The van der Waals surface area contributed by atoms with E-state index in [1.807, 2.05) is 12.3 Å². The zero-order valence-corrected chi connectivity index (χ0v) is 47.7. The smallest absolute Gasteiger partial charge is 0.135 e. The molecule has 0 N–H and O–H groups in total. The number of ether oxygens (including phenoxy) is 1. The van der Waals surface area contributed by atoms with Gasteiger partial charge in [-0.2, -0.15) is 6.07 Å². The number of hydrogen-bond acceptors (Lipinski definition) is 4. The number of para-hydroxylation sites is 2. The van der Waals surface area contributed by atoms with Crippen LogP contribution in [-0.2, 0) is 42.7 Å². The predicted molar refractivity (Wildman–Crippen MR) is 307 cm³/mol. The summed E-state index contributed by atoms with van der Waals surface area (Å²) in [5.41, 5.74) is 18.1. The van der Waals surface area contributed by atoms with E-state index in [0.717, 1.165) is 45.1 Å². The van der Waals surface area contributed by atoms with Gasteiger partial charge in [-0.1, -0.05) is 166 Å². The summed E-state index contributed by atoms with van der Waals surface area (Å²) in [6.45, 7) is 34.4. The van der Waals surface area contributed by atoms with Crippen LogP contribution in [0.5, 0.6) is 11.5 Å². The first kappa shape index (κ1) is 50.9. The summed E-state index contributed by atoms with van der Waals surface area (Å²) in [5.74, 6) is 2.08.